The van der Waals surface area contributed by atoms with E-state index >= 15 is 0 Å². The zero-order chi connectivity index (χ0) is 13.7. The van der Waals surface area contributed by atoms with Gasteiger partial charge in [-0.25, -0.2) is 0 Å². The first-order valence-electron chi connectivity index (χ1n) is 6.38. The number of nitrogens with zero attached hydrogens (tertiary/aromatic N) is 2. The maximum atomic E-state index is 12.1. The number of nitrogens with one attached hydrogen (secondary N) is 1. The molecule has 0 saturated carbocycles. The number of aromatic nitrogens is 2. The minimum absolute atomic E-state index is 0.235. The molecule has 0 spiro atoms. The molecule has 1 unspecified atom stereocenters. The largest absolute Gasteiger partial charge is 0.391 e. The van der Waals surface area contributed by atoms with Gasteiger partial charge in [0.2, 0.25) is 0 Å². The van der Waals surface area contributed by atoms with E-state index in [1.807, 2.05) is 13.0 Å². The highest BCUT2D eigenvalue weighted by Crippen LogP contribution is 2.13. The Morgan fingerprint density at radius 3 is 2.95 bits per heavy atom. The summed E-state index contributed by atoms with van der Waals surface area (Å²) in [5.74, 6) is -0.235. The van der Waals surface area contributed by atoms with E-state index in [0.29, 0.717) is 23.0 Å². The molecule has 0 aliphatic carbocycles. The van der Waals surface area contributed by atoms with E-state index < -0.39 is 6.10 Å². The van der Waals surface area contributed by atoms with Crippen molar-refractivity contribution in [2.75, 3.05) is 6.54 Å². The fourth-order valence-electron chi connectivity index (χ4n) is 1.92. The third kappa shape index (κ3) is 3.26. The summed E-state index contributed by atoms with van der Waals surface area (Å²) < 4.78 is 0. The molecule has 1 aromatic carbocycles. The Labute approximate surface area is 111 Å². The first kappa shape index (κ1) is 13.4. The van der Waals surface area contributed by atoms with Crippen LogP contribution >= 0.6 is 0 Å². The van der Waals surface area contributed by atoms with Gasteiger partial charge in [-0.1, -0.05) is 19.4 Å². The van der Waals surface area contributed by atoms with Crippen LogP contribution in [-0.4, -0.2) is 33.6 Å². The summed E-state index contributed by atoms with van der Waals surface area (Å²) in [5.41, 5.74) is 1.74. The Morgan fingerprint density at radius 1 is 1.37 bits per heavy atom. The average molecular weight is 259 g/mol. The smallest absolute Gasteiger partial charge is 0.253 e. The van der Waals surface area contributed by atoms with Gasteiger partial charge in [0.1, 0.15) is 5.52 Å². The van der Waals surface area contributed by atoms with Gasteiger partial charge in [-0.05, 0) is 18.6 Å². The second-order valence-corrected chi connectivity index (χ2v) is 4.38. The Balaban J connectivity index is 2.13. The number of para-hydroxylation sites is 1. The fourth-order valence-corrected chi connectivity index (χ4v) is 1.92. The van der Waals surface area contributed by atoms with Crippen molar-refractivity contribution in [3.8, 4) is 0 Å². The molecule has 5 heteroatoms. The molecule has 1 atom stereocenters. The molecule has 0 aliphatic heterocycles. The second-order valence-electron chi connectivity index (χ2n) is 4.38. The first-order valence-corrected chi connectivity index (χ1v) is 6.38. The van der Waals surface area contributed by atoms with Crippen molar-refractivity contribution in [3.63, 3.8) is 0 Å². The summed E-state index contributed by atoms with van der Waals surface area (Å²) >= 11 is 0. The maximum absolute atomic E-state index is 12.1. The van der Waals surface area contributed by atoms with Gasteiger partial charge in [0.25, 0.3) is 5.91 Å². The third-order valence-electron chi connectivity index (χ3n) is 2.86. The van der Waals surface area contributed by atoms with Crippen LogP contribution in [0.2, 0.25) is 0 Å². The fraction of sp³-hybridized carbons (Fsp3) is 0.357. The number of rotatable bonds is 5. The van der Waals surface area contributed by atoms with Crippen LogP contribution in [0, 0.1) is 0 Å². The lowest BCUT2D eigenvalue weighted by Gasteiger charge is -2.11. The van der Waals surface area contributed by atoms with Crippen LogP contribution in [0.4, 0.5) is 0 Å². The van der Waals surface area contributed by atoms with Gasteiger partial charge in [0, 0.05) is 18.9 Å². The number of amides is 1. The minimum Gasteiger partial charge on any atom is -0.391 e. The maximum Gasteiger partial charge on any atom is 0.253 e. The van der Waals surface area contributed by atoms with Crippen LogP contribution < -0.4 is 5.32 Å². The van der Waals surface area contributed by atoms with E-state index in [4.69, 9.17) is 0 Å². The molecule has 1 amide bonds. The molecule has 5 nitrogen and oxygen atoms in total. The highest BCUT2D eigenvalue weighted by Gasteiger charge is 2.12. The molecule has 0 aliphatic rings. The molecule has 0 saturated heterocycles. The Morgan fingerprint density at radius 2 is 2.16 bits per heavy atom. The van der Waals surface area contributed by atoms with Crippen molar-refractivity contribution in [3.05, 3.63) is 36.2 Å². The highest BCUT2D eigenvalue weighted by molar-refractivity contribution is 6.04. The zero-order valence-electron chi connectivity index (χ0n) is 10.8. The van der Waals surface area contributed by atoms with Gasteiger partial charge in [0.15, 0.2) is 0 Å². The van der Waals surface area contributed by atoms with Gasteiger partial charge in [-0.3, -0.25) is 14.8 Å². The summed E-state index contributed by atoms with van der Waals surface area (Å²) in [4.78, 5) is 20.4. The van der Waals surface area contributed by atoms with Gasteiger partial charge in [-0.2, -0.15) is 0 Å². The third-order valence-corrected chi connectivity index (χ3v) is 2.86. The quantitative estimate of drug-likeness (QED) is 0.853. The molecule has 0 bridgehead atoms. The molecule has 2 rings (SSSR count). The number of fused-ring (bicyclic) bond motifs is 1. The number of aliphatic hydroxyl groups excluding tert-OH is 1. The topological polar surface area (TPSA) is 75.1 Å². The van der Waals surface area contributed by atoms with Crippen LogP contribution in [0.5, 0.6) is 0 Å². The minimum atomic E-state index is -0.505. The van der Waals surface area contributed by atoms with Crippen LogP contribution in [0.3, 0.4) is 0 Å². The van der Waals surface area contributed by atoms with Gasteiger partial charge in [0.05, 0.1) is 17.2 Å². The van der Waals surface area contributed by atoms with E-state index in [9.17, 15) is 9.90 Å². The van der Waals surface area contributed by atoms with Crippen molar-refractivity contribution in [2.24, 2.45) is 0 Å². The molecule has 1 heterocycles. The van der Waals surface area contributed by atoms with Crippen LogP contribution in [0.25, 0.3) is 11.0 Å². The van der Waals surface area contributed by atoms with Crippen LogP contribution in [0.15, 0.2) is 30.6 Å². The van der Waals surface area contributed by atoms with Gasteiger partial charge in [-0.15, -0.1) is 0 Å². The lowest BCUT2D eigenvalue weighted by atomic mass is 10.1. The van der Waals surface area contributed by atoms with E-state index in [1.54, 1.807) is 24.5 Å². The Kier molecular flexibility index (Phi) is 4.41. The van der Waals surface area contributed by atoms with Crippen molar-refractivity contribution in [1.82, 2.24) is 15.3 Å². The van der Waals surface area contributed by atoms with E-state index in [-0.39, 0.29) is 12.5 Å². The number of hydrogen-bond donors (Lipinski definition) is 2. The molecule has 0 radical (unpaired) electrons. The van der Waals surface area contributed by atoms with E-state index in [2.05, 4.69) is 15.3 Å². The zero-order valence-corrected chi connectivity index (χ0v) is 10.8. The van der Waals surface area contributed by atoms with Crippen LogP contribution in [0.1, 0.15) is 30.1 Å². The predicted molar refractivity (Wildman–Crippen MR) is 72.8 cm³/mol. The number of carbonyl (C=O) groups excluding carboxylic acids is 1. The van der Waals surface area contributed by atoms with E-state index in [0.717, 1.165) is 6.42 Å². The lowest BCUT2D eigenvalue weighted by molar-refractivity contribution is 0.0911. The Bertz CT molecular complexity index is 566. The summed E-state index contributed by atoms with van der Waals surface area (Å²) in [6, 6.07) is 5.29. The molecule has 1 aromatic heterocycles. The van der Waals surface area contributed by atoms with Crippen molar-refractivity contribution in [2.45, 2.75) is 25.9 Å². The van der Waals surface area contributed by atoms with Gasteiger partial charge < -0.3 is 10.4 Å². The number of carbonyl (C=O) groups is 1. The highest BCUT2D eigenvalue weighted by atomic mass is 16.3. The number of hydrogen-bond acceptors (Lipinski definition) is 4. The average Bonchev–Trinajstić information content (AvgIpc) is 2.44. The Hall–Kier alpha value is -2.01. The van der Waals surface area contributed by atoms with Crippen molar-refractivity contribution in [1.29, 1.82) is 0 Å². The first-order chi connectivity index (χ1) is 9.22. The van der Waals surface area contributed by atoms with Crippen LogP contribution in [-0.2, 0) is 0 Å². The molecule has 19 heavy (non-hydrogen) atoms. The van der Waals surface area contributed by atoms with Crippen molar-refractivity contribution >= 4 is 16.9 Å². The number of benzene rings is 1. The summed E-state index contributed by atoms with van der Waals surface area (Å²) in [5, 5.41) is 12.3. The molecule has 100 valence electrons. The molecule has 2 aromatic rings. The standard InChI is InChI=1S/C14H17N3O2/c1-2-4-10(18)9-17-14(19)11-5-3-6-12-13(11)16-8-7-15-12/h3,5-8,10,18H,2,4,9H2,1H3,(H,17,19). The monoisotopic (exact) mass is 259 g/mol. The predicted octanol–water partition coefficient (Wildman–Crippen LogP) is 1.52. The normalized spacial score (nSPS) is 12.3. The number of aliphatic hydroxyl groups is 1. The summed E-state index contributed by atoms with van der Waals surface area (Å²) in [6.07, 6.45) is 4.21. The summed E-state index contributed by atoms with van der Waals surface area (Å²) in [7, 11) is 0. The molecule has 2 N–H and O–H groups in total. The van der Waals surface area contributed by atoms with E-state index in [1.165, 1.54) is 0 Å². The lowest BCUT2D eigenvalue weighted by Crippen LogP contribution is -2.32. The van der Waals surface area contributed by atoms with Gasteiger partial charge >= 0.3 is 0 Å². The van der Waals surface area contributed by atoms with Crippen molar-refractivity contribution < 1.29 is 9.90 Å². The second kappa shape index (κ2) is 6.24. The molecular weight excluding hydrogens is 242 g/mol. The molecular formula is C14H17N3O2. The SMILES string of the molecule is CCCC(O)CNC(=O)c1cccc2nccnc12. The summed E-state index contributed by atoms with van der Waals surface area (Å²) in [6.45, 7) is 2.24. The molecule has 0 fully saturated rings.